The van der Waals surface area contributed by atoms with Crippen molar-refractivity contribution in [2.45, 2.75) is 26.4 Å². The van der Waals surface area contributed by atoms with Crippen LogP contribution in [0.4, 0.5) is 10.1 Å². The lowest BCUT2D eigenvalue weighted by molar-refractivity contribution is -0.130. The SMILES string of the molecule is CC(=O)Nc1cc(Cl)c(C#N)cc1/C=C/C(=O)N1CCN(Cc2ccc(F)cc2)C[C@H]1C. The summed E-state index contributed by atoms with van der Waals surface area (Å²) >= 11 is 6.07. The number of halogens is 2. The van der Waals surface area contributed by atoms with E-state index in [1.807, 2.05) is 13.0 Å². The highest BCUT2D eigenvalue weighted by molar-refractivity contribution is 6.32. The van der Waals surface area contributed by atoms with Gasteiger partial charge in [-0.05, 0) is 48.4 Å². The van der Waals surface area contributed by atoms with Crippen molar-refractivity contribution in [1.29, 1.82) is 5.26 Å². The summed E-state index contributed by atoms with van der Waals surface area (Å²) in [6.45, 7) is 6.03. The number of anilines is 1. The Morgan fingerprint density at radius 2 is 2.00 bits per heavy atom. The van der Waals surface area contributed by atoms with Crippen LogP contribution < -0.4 is 5.32 Å². The van der Waals surface area contributed by atoms with Crippen molar-refractivity contribution in [3.63, 3.8) is 0 Å². The molecule has 1 N–H and O–H groups in total. The first kappa shape index (κ1) is 23.5. The highest BCUT2D eigenvalue weighted by Gasteiger charge is 2.26. The normalized spacial score (nSPS) is 16.7. The summed E-state index contributed by atoms with van der Waals surface area (Å²) in [5.41, 5.74) is 2.25. The zero-order valence-corrected chi connectivity index (χ0v) is 18.7. The van der Waals surface area contributed by atoms with Crippen molar-refractivity contribution in [3.8, 4) is 6.07 Å². The molecule has 8 heteroatoms. The highest BCUT2D eigenvalue weighted by atomic mass is 35.5. The molecule has 3 rings (SSSR count). The van der Waals surface area contributed by atoms with Crippen molar-refractivity contribution >= 4 is 35.2 Å². The Bertz CT molecular complexity index is 1080. The van der Waals surface area contributed by atoms with E-state index in [-0.39, 0.29) is 34.3 Å². The lowest BCUT2D eigenvalue weighted by atomic mass is 10.1. The lowest BCUT2D eigenvalue weighted by Gasteiger charge is -2.39. The van der Waals surface area contributed by atoms with Gasteiger partial charge in [0.05, 0.1) is 10.6 Å². The van der Waals surface area contributed by atoms with Gasteiger partial charge in [-0.1, -0.05) is 23.7 Å². The fourth-order valence-electron chi connectivity index (χ4n) is 3.72. The van der Waals surface area contributed by atoms with Gasteiger partial charge in [-0.15, -0.1) is 0 Å². The minimum absolute atomic E-state index is 0.00366. The van der Waals surface area contributed by atoms with Crippen molar-refractivity contribution in [2.75, 3.05) is 25.0 Å². The number of hydrogen-bond acceptors (Lipinski definition) is 4. The van der Waals surface area contributed by atoms with Crippen LogP contribution in [0.3, 0.4) is 0 Å². The van der Waals surface area contributed by atoms with Gasteiger partial charge in [0.1, 0.15) is 11.9 Å². The standard InChI is InChI=1S/C24H24ClFN4O2/c1-16-14-29(15-18-3-6-21(26)7-4-18)9-10-30(16)24(32)8-5-19-11-20(13-27)22(25)12-23(19)28-17(2)31/h3-8,11-12,16H,9-10,14-15H2,1-2H3,(H,28,31)/b8-5+/t16-/m1/s1. The van der Waals surface area contributed by atoms with E-state index in [9.17, 15) is 19.2 Å². The van der Waals surface area contributed by atoms with Crippen LogP contribution >= 0.6 is 11.6 Å². The Balaban J connectivity index is 1.68. The third-order valence-corrected chi connectivity index (χ3v) is 5.60. The largest absolute Gasteiger partial charge is 0.334 e. The quantitative estimate of drug-likeness (QED) is 0.691. The molecule has 1 saturated heterocycles. The monoisotopic (exact) mass is 454 g/mol. The maximum absolute atomic E-state index is 13.1. The first-order valence-electron chi connectivity index (χ1n) is 10.2. The molecule has 1 aliphatic heterocycles. The van der Waals surface area contributed by atoms with E-state index >= 15 is 0 Å². The predicted octanol–water partition coefficient (Wildman–Crippen LogP) is 4.06. The summed E-state index contributed by atoms with van der Waals surface area (Å²) in [4.78, 5) is 28.4. The van der Waals surface area contributed by atoms with Crippen molar-refractivity contribution in [2.24, 2.45) is 0 Å². The van der Waals surface area contributed by atoms with Gasteiger partial charge in [-0.25, -0.2) is 4.39 Å². The topological polar surface area (TPSA) is 76.4 Å². The minimum Gasteiger partial charge on any atom is -0.334 e. The Morgan fingerprint density at radius 1 is 1.28 bits per heavy atom. The molecule has 2 aromatic rings. The molecule has 0 aliphatic carbocycles. The van der Waals surface area contributed by atoms with Gasteiger partial charge in [0, 0.05) is 50.9 Å². The number of rotatable bonds is 5. The molecule has 6 nitrogen and oxygen atoms in total. The van der Waals surface area contributed by atoms with Crippen LogP contribution in [0.1, 0.15) is 30.5 Å². The molecule has 0 spiro atoms. The summed E-state index contributed by atoms with van der Waals surface area (Å²) in [5, 5.41) is 12.1. The molecule has 1 fully saturated rings. The van der Waals surface area contributed by atoms with E-state index in [1.165, 1.54) is 31.2 Å². The molecule has 1 atom stereocenters. The van der Waals surface area contributed by atoms with E-state index in [4.69, 9.17) is 11.6 Å². The van der Waals surface area contributed by atoms with Crippen LogP contribution in [0, 0.1) is 17.1 Å². The van der Waals surface area contributed by atoms with Gasteiger partial charge in [0.15, 0.2) is 0 Å². The molecular weight excluding hydrogens is 431 g/mol. The third kappa shape index (κ3) is 5.94. The third-order valence-electron chi connectivity index (χ3n) is 5.29. The van der Waals surface area contributed by atoms with Gasteiger partial charge in [0.25, 0.3) is 0 Å². The van der Waals surface area contributed by atoms with Crippen LogP contribution in [0.25, 0.3) is 6.08 Å². The number of piperazine rings is 1. The van der Waals surface area contributed by atoms with Crippen LogP contribution in [0.15, 0.2) is 42.5 Å². The van der Waals surface area contributed by atoms with Gasteiger partial charge in [-0.3, -0.25) is 14.5 Å². The summed E-state index contributed by atoms with van der Waals surface area (Å²) in [6, 6.07) is 11.5. The zero-order chi connectivity index (χ0) is 23.3. The summed E-state index contributed by atoms with van der Waals surface area (Å²) in [7, 11) is 0. The number of carbonyl (C=O) groups is 2. The van der Waals surface area contributed by atoms with E-state index in [0.29, 0.717) is 37.4 Å². The molecule has 166 valence electrons. The van der Waals surface area contributed by atoms with Crippen LogP contribution in [0.2, 0.25) is 5.02 Å². The average molecular weight is 455 g/mol. The van der Waals surface area contributed by atoms with Crippen LogP contribution in [-0.2, 0) is 16.1 Å². The summed E-state index contributed by atoms with van der Waals surface area (Å²) in [6.07, 6.45) is 3.03. The van der Waals surface area contributed by atoms with Crippen molar-refractivity contribution in [1.82, 2.24) is 9.80 Å². The fourth-order valence-corrected chi connectivity index (χ4v) is 3.93. The molecule has 2 aromatic carbocycles. The molecule has 2 amide bonds. The minimum atomic E-state index is -0.280. The molecule has 0 radical (unpaired) electrons. The van der Waals surface area contributed by atoms with Crippen LogP contribution in [0.5, 0.6) is 0 Å². The molecule has 0 aromatic heterocycles. The number of nitrogens with one attached hydrogen (secondary N) is 1. The molecule has 1 heterocycles. The van der Waals surface area contributed by atoms with Crippen molar-refractivity contribution in [3.05, 3.63) is 70.0 Å². The second-order valence-corrected chi connectivity index (χ2v) is 8.20. The Morgan fingerprint density at radius 3 is 2.62 bits per heavy atom. The molecule has 0 unspecified atom stereocenters. The molecule has 32 heavy (non-hydrogen) atoms. The first-order valence-corrected chi connectivity index (χ1v) is 10.6. The average Bonchev–Trinajstić information content (AvgIpc) is 2.74. The fraction of sp³-hybridized carbons (Fsp3) is 0.292. The van der Waals surface area contributed by atoms with Gasteiger partial charge >= 0.3 is 0 Å². The second kappa shape index (κ2) is 10.4. The number of carbonyl (C=O) groups excluding carboxylic acids is 2. The van der Waals surface area contributed by atoms with Crippen molar-refractivity contribution < 1.29 is 14.0 Å². The van der Waals surface area contributed by atoms with E-state index < -0.39 is 0 Å². The predicted molar refractivity (Wildman–Crippen MR) is 122 cm³/mol. The van der Waals surface area contributed by atoms with E-state index in [2.05, 4.69) is 10.2 Å². The first-order chi connectivity index (χ1) is 15.3. The highest BCUT2D eigenvalue weighted by Crippen LogP contribution is 2.26. The molecular formula is C24H24ClFN4O2. The maximum atomic E-state index is 13.1. The van der Waals surface area contributed by atoms with E-state index in [1.54, 1.807) is 29.2 Å². The van der Waals surface area contributed by atoms with Gasteiger partial charge in [0.2, 0.25) is 11.8 Å². The van der Waals surface area contributed by atoms with E-state index in [0.717, 1.165) is 5.56 Å². The Hall–Kier alpha value is -3.21. The maximum Gasteiger partial charge on any atom is 0.246 e. The number of nitriles is 1. The summed E-state index contributed by atoms with van der Waals surface area (Å²) in [5.74, 6) is -0.688. The number of nitrogens with zero attached hydrogens (tertiary/aromatic N) is 3. The number of amides is 2. The van der Waals surface area contributed by atoms with Gasteiger partial charge < -0.3 is 10.2 Å². The smallest absolute Gasteiger partial charge is 0.246 e. The lowest BCUT2D eigenvalue weighted by Crippen LogP contribution is -2.53. The van der Waals surface area contributed by atoms with Gasteiger partial charge in [-0.2, -0.15) is 5.26 Å². The Labute approximate surface area is 191 Å². The molecule has 0 saturated carbocycles. The Kier molecular flexibility index (Phi) is 7.62. The summed E-state index contributed by atoms with van der Waals surface area (Å²) < 4.78 is 13.1. The number of hydrogen-bond donors (Lipinski definition) is 1. The second-order valence-electron chi connectivity index (χ2n) is 7.79. The number of benzene rings is 2. The molecule has 0 bridgehead atoms. The van der Waals surface area contributed by atoms with Crippen LogP contribution in [-0.4, -0.2) is 47.3 Å². The zero-order valence-electron chi connectivity index (χ0n) is 17.9. The molecule has 1 aliphatic rings.